The summed E-state index contributed by atoms with van der Waals surface area (Å²) in [7, 11) is 0. The van der Waals surface area contributed by atoms with E-state index in [1.165, 1.54) is 65.5 Å². The van der Waals surface area contributed by atoms with E-state index < -0.39 is 0 Å². The molecule has 3 aliphatic rings. The molecule has 0 radical (unpaired) electrons. The third-order valence-electron chi connectivity index (χ3n) is 7.09. The average Bonchev–Trinajstić information content (AvgIpc) is 3.31. The van der Waals surface area contributed by atoms with Gasteiger partial charge in [-0.05, 0) is 69.7 Å². The molecule has 0 aromatic heterocycles. The van der Waals surface area contributed by atoms with Crippen LogP contribution in [0.2, 0.25) is 0 Å². The van der Waals surface area contributed by atoms with Crippen molar-refractivity contribution in [3.05, 3.63) is 113 Å². The van der Waals surface area contributed by atoms with Gasteiger partial charge < -0.3 is 0 Å². The fourth-order valence-electron chi connectivity index (χ4n) is 5.80. The van der Waals surface area contributed by atoms with E-state index in [9.17, 15) is 0 Å². The third kappa shape index (κ3) is 2.66. The van der Waals surface area contributed by atoms with Crippen LogP contribution in [0, 0.1) is 5.92 Å². The maximum absolute atomic E-state index is 2.51. The highest BCUT2D eigenvalue weighted by Gasteiger charge is 2.35. The molecule has 29 heavy (non-hydrogen) atoms. The summed E-state index contributed by atoms with van der Waals surface area (Å²) in [5, 5.41) is 0. The van der Waals surface area contributed by atoms with Crippen molar-refractivity contribution in [2.24, 2.45) is 5.92 Å². The molecule has 0 saturated heterocycles. The molecule has 0 spiro atoms. The first-order valence-corrected chi connectivity index (χ1v) is 11.1. The molecule has 0 aliphatic heterocycles. The van der Waals surface area contributed by atoms with Gasteiger partial charge in [0.1, 0.15) is 0 Å². The Hall–Kier alpha value is -2.86. The molecule has 142 valence electrons. The molecule has 0 fully saturated rings. The van der Waals surface area contributed by atoms with Crippen molar-refractivity contribution in [1.82, 2.24) is 0 Å². The lowest BCUT2D eigenvalue weighted by Crippen LogP contribution is -2.10. The van der Waals surface area contributed by atoms with Crippen molar-refractivity contribution in [2.45, 2.75) is 38.0 Å². The van der Waals surface area contributed by atoms with E-state index in [1.54, 1.807) is 11.1 Å². The van der Waals surface area contributed by atoms with Crippen molar-refractivity contribution in [2.75, 3.05) is 0 Å². The van der Waals surface area contributed by atoms with Crippen LogP contribution in [-0.4, -0.2) is 0 Å². The summed E-state index contributed by atoms with van der Waals surface area (Å²) < 4.78 is 0. The SMILES string of the molecule is C1=CC2C(=C3c4ccccc4-c4ccccc43)C1CCCCCc1ccccc12. The van der Waals surface area contributed by atoms with Crippen molar-refractivity contribution in [1.29, 1.82) is 0 Å². The molecular weight excluding hydrogens is 348 g/mol. The van der Waals surface area contributed by atoms with Crippen LogP contribution in [0.15, 0.2) is 90.5 Å². The van der Waals surface area contributed by atoms with Gasteiger partial charge in [0.2, 0.25) is 0 Å². The second-order valence-corrected chi connectivity index (χ2v) is 8.69. The number of aryl methyl sites for hydroxylation is 1. The standard InChI is InChI=1S/C29H26/c1-2-10-20-11-4-5-13-22(20)27-19-18-21(12-3-1)28(27)29-25-16-8-6-14-23(25)24-15-7-9-17-26(24)29/h4-9,11,13-19,21,27H,1-3,10,12H2. The monoisotopic (exact) mass is 374 g/mol. The maximum Gasteiger partial charge on any atom is 0.0246 e. The van der Waals surface area contributed by atoms with Crippen molar-refractivity contribution >= 4 is 5.57 Å². The molecule has 0 nitrogen and oxygen atoms in total. The fraction of sp³-hybridized carbons (Fsp3) is 0.241. The highest BCUT2D eigenvalue weighted by atomic mass is 14.4. The molecule has 3 aliphatic carbocycles. The molecule has 0 saturated carbocycles. The molecule has 2 unspecified atom stereocenters. The van der Waals surface area contributed by atoms with E-state index in [0.717, 1.165) is 0 Å². The van der Waals surface area contributed by atoms with Crippen LogP contribution in [0.3, 0.4) is 0 Å². The van der Waals surface area contributed by atoms with E-state index in [1.807, 2.05) is 0 Å². The average molecular weight is 375 g/mol. The number of fused-ring (bicyclic) bond motifs is 7. The van der Waals surface area contributed by atoms with Crippen LogP contribution in [0.1, 0.15) is 53.9 Å². The van der Waals surface area contributed by atoms with Crippen molar-refractivity contribution < 1.29 is 0 Å². The van der Waals surface area contributed by atoms with Crippen LogP contribution >= 0.6 is 0 Å². The molecule has 6 rings (SSSR count). The van der Waals surface area contributed by atoms with E-state index in [4.69, 9.17) is 0 Å². The van der Waals surface area contributed by atoms with Crippen LogP contribution < -0.4 is 0 Å². The van der Waals surface area contributed by atoms with Gasteiger partial charge in [0.15, 0.2) is 0 Å². The Bertz CT molecular complexity index is 1100. The Morgan fingerprint density at radius 2 is 1.24 bits per heavy atom. The first kappa shape index (κ1) is 17.0. The Balaban J connectivity index is 1.65. The summed E-state index contributed by atoms with van der Waals surface area (Å²) in [6.07, 6.45) is 11.5. The highest BCUT2D eigenvalue weighted by Crippen LogP contribution is 2.53. The highest BCUT2D eigenvalue weighted by molar-refractivity contribution is 6.03. The van der Waals surface area contributed by atoms with Crippen LogP contribution in [0.5, 0.6) is 0 Å². The Kier molecular flexibility index (Phi) is 4.04. The molecule has 0 amide bonds. The van der Waals surface area contributed by atoms with Gasteiger partial charge in [0.25, 0.3) is 0 Å². The molecular formula is C29H26. The molecule has 0 heteroatoms. The minimum atomic E-state index is 0.406. The van der Waals surface area contributed by atoms with Crippen LogP contribution in [-0.2, 0) is 6.42 Å². The van der Waals surface area contributed by atoms with Gasteiger partial charge in [0, 0.05) is 5.92 Å². The van der Waals surface area contributed by atoms with E-state index in [0.29, 0.717) is 11.8 Å². The predicted molar refractivity (Wildman–Crippen MR) is 122 cm³/mol. The van der Waals surface area contributed by atoms with Crippen LogP contribution in [0.4, 0.5) is 0 Å². The van der Waals surface area contributed by atoms with Gasteiger partial charge in [-0.3, -0.25) is 0 Å². The lowest BCUT2D eigenvalue weighted by atomic mass is 9.78. The lowest BCUT2D eigenvalue weighted by molar-refractivity contribution is 0.572. The summed E-state index contributed by atoms with van der Waals surface area (Å²) in [4.78, 5) is 0. The number of hydrogen-bond acceptors (Lipinski definition) is 0. The van der Waals surface area contributed by atoms with E-state index in [-0.39, 0.29) is 0 Å². The van der Waals surface area contributed by atoms with Gasteiger partial charge in [-0.25, -0.2) is 0 Å². The maximum atomic E-state index is 2.51. The predicted octanol–water partition coefficient (Wildman–Crippen LogP) is 7.56. The summed E-state index contributed by atoms with van der Waals surface area (Å²) in [5.74, 6) is 0.962. The minimum absolute atomic E-state index is 0.406. The second-order valence-electron chi connectivity index (χ2n) is 8.69. The van der Waals surface area contributed by atoms with E-state index in [2.05, 4.69) is 84.9 Å². The first-order chi connectivity index (χ1) is 14.4. The zero-order chi connectivity index (χ0) is 19.2. The van der Waals surface area contributed by atoms with Crippen LogP contribution in [0.25, 0.3) is 16.7 Å². The normalized spacial score (nSPS) is 22.2. The number of hydrogen-bond donors (Lipinski definition) is 0. The van der Waals surface area contributed by atoms with E-state index >= 15 is 0 Å². The quantitative estimate of drug-likeness (QED) is 0.279. The summed E-state index contributed by atoms with van der Waals surface area (Å²) in [6, 6.07) is 27.2. The molecule has 2 bridgehead atoms. The largest absolute Gasteiger partial charge is 0.0803 e. The molecule has 0 heterocycles. The third-order valence-corrected chi connectivity index (χ3v) is 7.09. The zero-order valence-electron chi connectivity index (χ0n) is 16.8. The van der Waals surface area contributed by atoms with Gasteiger partial charge in [0.05, 0.1) is 0 Å². The first-order valence-electron chi connectivity index (χ1n) is 11.1. The Morgan fingerprint density at radius 3 is 2.00 bits per heavy atom. The number of rotatable bonds is 0. The smallest absolute Gasteiger partial charge is 0.0246 e. The molecule has 3 aromatic carbocycles. The minimum Gasteiger partial charge on any atom is -0.0803 e. The summed E-state index contributed by atoms with van der Waals surface area (Å²) in [5.41, 5.74) is 11.9. The Labute approximate surface area is 173 Å². The zero-order valence-corrected chi connectivity index (χ0v) is 16.8. The van der Waals surface area contributed by atoms with Crippen molar-refractivity contribution in [3.63, 3.8) is 0 Å². The lowest BCUT2D eigenvalue weighted by Gasteiger charge is -2.25. The van der Waals surface area contributed by atoms with Gasteiger partial charge in [-0.15, -0.1) is 0 Å². The molecule has 2 atom stereocenters. The topological polar surface area (TPSA) is 0 Å². The van der Waals surface area contributed by atoms with Gasteiger partial charge >= 0.3 is 0 Å². The summed E-state index contributed by atoms with van der Waals surface area (Å²) in [6.45, 7) is 0. The number of benzene rings is 3. The second kappa shape index (κ2) is 6.88. The van der Waals surface area contributed by atoms with Gasteiger partial charge in [-0.1, -0.05) is 97.8 Å². The number of allylic oxidation sites excluding steroid dienone is 3. The molecule has 0 N–H and O–H groups in total. The fourth-order valence-corrected chi connectivity index (χ4v) is 5.80. The van der Waals surface area contributed by atoms with Gasteiger partial charge in [-0.2, -0.15) is 0 Å². The summed E-state index contributed by atoms with van der Waals surface area (Å²) >= 11 is 0. The Morgan fingerprint density at radius 1 is 0.586 bits per heavy atom. The van der Waals surface area contributed by atoms with Crippen molar-refractivity contribution in [3.8, 4) is 11.1 Å². The molecule has 3 aromatic rings.